The minimum atomic E-state index is -0.686. The van der Waals surface area contributed by atoms with Gasteiger partial charge in [-0.05, 0) is 19.1 Å². The Morgan fingerprint density at radius 3 is 2.84 bits per heavy atom. The molecule has 7 heteroatoms. The molecule has 0 aliphatic heterocycles. The van der Waals surface area contributed by atoms with Gasteiger partial charge in [0.05, 0.1) is 22.8 Å². The van der Waals surface area contributed by atoms with Gasteiger partial charge < -0.3 is 16.8 Å². The predicted molar refractivity (Wildman–Crippen MR) is 73.5 cm³/mol. The van der Waals surface area contributed by atoms with Crippen LogP contribution in [0.1, 0.15) is 20.2 Å². The van der Waals surface area contributed by atoms with Crippen molar-refractivity contribution in [1.82, 2.24) is 4.98 Å². The number of hydrogen-bond acceptors (Lipinski definition) is 5. The summed E-state index contributed by atoms with van der Waals surface area (Å²) >= 11 is 1.51. The average Bonchev–Trinajstić information content (AvgIpc) is 2.73. The first kappa shape index (κ1) is 13.3. The van der Waals surface area contributed by atoms with Gasteiger partial charge in [-0.15, -0.1) is 11.3 Å². The molecule has 1 amide bonds. The van der Waals surface area contributed by atoms with Crippen molar-refractivity contribution >= 4 is 28.6 Å². The standard InChI is InChI=1S/C12H13FN4OS/c1-6-16-4-7(19-6)5-17-11-2-8(12(15)18)10(14)3-9(11)13/h2-4,17H,5,14H2,1H3,(H2,15,18). The summed E-state index contributed by atoms with van der Waals surface area (Å²) < 4.78 is 13.7. The van der Waals surface area contributed by atoms with Crippen molar-refractivity contribution in [3.8, 4) is 0 Å². The van der Waals surface area contributed by atoms with E-state index in [9.17, 15) is 9.18 Å². The molecule has 2 rings (SSSR count). The topological polar surface area (TPSA) is 94.0 Å². The molecule has 0 radical (unpaired) electrons. The van der Waals surface area contributed by atoms with E-state index in [1.165, 1.54) is 17.4 Å². The van der Waals surface area contributed by atoms with Crippen molar-refractivity contribution in [3.05, 3.63) is 39.6 Å². The van der Waals surface area contributed by atoms with Crippen LogP contribution in [0.2, 0.25) is 0 Å². The summed E-state index contributed by atoms with van der Waals surface area (Å²) in [6, 6.07) is 2.40. The quantitative estimate of drug-likeness (QED) is 0.745. The monoisotopic (exact) mass is 280 g/mol. The highest BCUT2D eigenvalue weighted by atomic mass is 32.1. The molecule has 0 aliphatic carbocycles. The van der Waals surface area contributed by atoms with E-state index in [1.807, 2.05) is 6.92 Å². The van der Waals surface area contributed by atoms with Gasteiger partial charge in [-0.25, -0.2) is 9.37 Å². The van der Waals surface area contributed by atoms with Gasteiger partial charge in [0.25, 0.3) is 5.91 Å². The Bertz CT molecular complexity index is 626. The lowest BCUT2D eigenvalue weighted by molar-refractivity contribution is 0.100. The third-order valence-corrected chi connectivity index (χ3v) is 3.44. The van der Waals surface area contributed by atoms with Crippen LogP contribution in [0.5, 0.6) is 0 Å². The van der Waals surface area contributed by atoms with Gasteiger partial charge in [-0.1, -0.05) is 0 Å². The van der Waals surface area contributed by atoms with Crippen molar-refractivity contribution in [2.75, 3.05) is 11.1 Å². The summed E-state index contributed by atoms with van der Waals surface area (Å²) in [5, 5.41) is 3.83. The van der Waals surface area contributed by atoms with Crippen molar-refractivity contribution < 1.29 is 9.18 Å². The molecule has 0 aliphatic rings. The van der Waals surface area contributed by atoms with Gasteiger partial charge in [-0.2, -0.15) is 0 Å². The van der Waals surface area contributed by atoms with Crippen LogP contribution < -0.4 is 16.8 Å². The van der Waals surface area contributed by atoms with Crippen LogP contribution in [0.15, 0.2) is 18.3 Å². The number of aryl methyl sites for hydroxylation is 1. The predicted octanol–water partition coefficient (Wildman–Crippen LogP) is 1.88. The SMILES string of the molecule is Cc1ncc(CNc2cc(C(N)=O)c(N)cc2F)s1. The molecule has 0 saturated carbocycles. The fourth-order valence-corrected chi connectivity index (χ4v) is 2.34. The van der Waals surface area contributed by atoms with Crippen LogP contribution in [0.25, 0.3) is 0 Å². The lowest BCUT2D eigenvalue weighted by Gasteiger charge is -2.09. The number of nitrogens with two attached hydrogens (primary N) is 2. The van der Waals surface area contributed by atoms with Crippen molar-refractivity contribution in [2.45, 2.75) is 13.5 Å². The number of nitrogens with zero attached hydrogens (tertiary/aromatic N) is 1. The number of aromatic nitrogens is 1. The smallest absolute Gasteiger partial charge is 0.250 e. The van der Waals surface area contributed by atoms with E-state index in [1.54, 1.807) is 6.20 Å². The Kier molecular flexibility index (Phi) is 3.66. The molecule has 1 aromatic heterocycles. The summed E-state index contributed by atoms with van der Waals surface area (Å²) in [4.78, 5) is 16.2. The Morgan fingerprint density at radius 1 is 1.53 bits per heavy atom. The number of nitrogens with one attached hydrogen (secondary N) is 1. The summed E-state index contributed by atoms with van der Waals surface area (Å²) in [6.45, 7) is 2.31. The minimum Gasteiger partial charge on any atom is -0.398 e. The molecule has 0 bridgehead atoms. The molecule has 1 aromatic carbocycles. The highest BCUT2D eigenvalue weighted by molar-refractivity contribution is 7.11. The minimum absolute atomic E-state index is 0.0317. The number of hydrogen-bond donors (Lipinski definition) is 3. The van der Waals surface area contributed by atoms with Crippen LogP contribution in [-0.2, 0) is 6.54 Å². The van der Waals surface area contributed by atoms with Crippen LogP contribution in [-0.4, -0.2) is 10.9 Å². The number of carbonyl (C=O) groups is 1. The highest BCUT2D eigenvalue weighted by Crippen LogP contribution is 2.23. The molecule has 0 saturated heterocycles. The normalized spacial score (nSPS) is 10.4. The van der Waals surface area contributed by atoms with E-state index in [0.29, 0.717) is 6.54 Å². The number of halogens is 1. The highest BCUT2D eigenvalue weighted by Gasteiger charge is 2.12. The molecular formula is C12H13FN4OS. The van der Waals surface area contributed by atoms with E-state index in [2.05, 4.69) is 10.3 Å². The second kappa shape index (κ2) is 5.23. The second-order valence-electron chi connectivity index (χ2n) is 3.98. The van der Waals surface area contributed by atoms with Gasteiger partial charge in [0, 0.05) is 16.8 Å². The fourth-order valence-electron chi connectivity index (χ4n) is 1.61. The largest absolute Gasteiger partial charge is 0.398 e. The number of nitrogen functional groups attached to an aromatic ring is 1. The van der Waals surface area contributed by atoms with Crippen LogP contribution >= 0.6 is 11.3 Å². The first-order valence-electron chi connectivity index (χ1n) is 5.51. The van der Waals surface area contributed by atoms with Crippen molar-refractivity contribution in [1.29, 1.82) is 0 Å². The summed E-state index contributed by atoms with van der Waals surface area (Å²) in [6.07, 6.45) is 1.72. The number of benzene rings is 1. The molecule has 1 heterocycles. The number of carbonyl (C=O) groups excluding carboxylic acids is 1. The Labute approximate surface area is 113 Å². The zero-order chi connectivity index (χ0) is 14.0. The van der Waals surface area contributed by atoms with Gasteiger partial charge in [0.15, 0.2) is 0 Å². The van der Waals surface area contributed by atoms with Crippen LogP contribution in [0.4, 0.5) is 15.8 Å². The number of rotatable bonds is 4. The molecule has 100 valence electrons. The molecule has 0 atom stereocenters. The lowest BCUT2D eigenvalue weighted by Crippen LogP contribution is -2.14. The molecular weight excluding hydrogens is 267 g/mol. The average molecular weight is 280 g/mol. The molecule has 5 N–H and O–H groups in total. The van der Waals surface area contributed by atoms with Crippen molar-refractivity contribution in [2.24, 2.45) is 5.73 Å². The van der Waals surface area contributed by atoms with E-state index in [-0.39, 0.29) is 16.9 Å². The third kappa shape index (κ3) is 3.00. The third-order valence-electron chi connectivity index (χ3n) is 2.53. The first-order chi connectivity index (χ1) is 8.97. The number of anilines is 2. The maximum absolute atomic E-state index is 13.7. The Balaban J connectivity index is 2.20. The van der Waals surface area contributed by atoms with Gasteiger partial charge >= 0.3 is 0 Å². The number of amides is 1. The molecule has 2 aromatic rings. The summed E-state index contributed by atoms with van der Waals surface area (Å²) in [5.41, 5.74) is 11.0. The van der Waals surface area contributed by atoms with Crippen LogP contribution in [0.3, 0.4) is 0 Å². The van der Waals surface area contributed by atoms with Gasteiger partial charge in [0.2, 0.25) is 0 Å². The summed E-state index contributed by atoms with van der Waals surface area (Å²) in [7, 11) is 0. The Hall–Kier alpha value is -2.15. The maximum Gasteiger partial charge on any atom is 0.250 e. The number of primary amides is 1. The Morgan fingerprint density at radius 2 is 2.26 bits per heavy atom. The lowest BCUT2D eigenvalue weighted by atomic mass is 10.1. The fraction of sp³-hybridized carbons (Fsp3) is 0.167. The maximum atomic E-state index is 13.7. The van der Waals surface area contributed by atoms with Crippen LogP contribution in [0, 0.1) is 12.7 Å². The van der Waals surface area contributed by atoms with Crippen molar-refractivity contribution in [3.63, 3.8) is 0 Å². The zero-order valence-electron chi connectivity index (χ0n) is 10.2. The molecule has 5 nitrogen and oxygen atoms in total. The summed E-state index contributed by atoms with van der Waals surface area (Å²) in [5.74, 6) is -1.21. The molecule has 0 unspecified atom stereocenters. The zero-order valence-corrected chi connectivity index (χ0v) is 11.1. The first-order valence-corrected chi connectivity index (χ1v) is 6.33. The molecule has 19 heavy (non-hydrogen) atoms. The number of thiazole rings is 1. The van der Waals surface area contributed by atoms with Gasteiger partial charge in [-0.3, -0.25) is 4.79 Å². The second-order valence-corrected chi connectivity index (χ2v) is 5.30. The van der Waals surface area contributed by atoms with E-state index in [4.69, 9.17) is 11.5 Å². The molecule has 0 fully saturated rings. The van der Waals surface area contributed by atoms with E-state index in [0.717, 1.165) is 16.0 Å². The van der Waals surface area contributed by atoms with Gasteiger partial charge in [0.1, 0.15) is 5.82 Å². The van der Waals surface area contributed by atoms with E-state index >= 15 is 0 Å². The molecule has 0 spiro atoms. The van der Waals surface area contributed by atoms with E-state index < -0.39 is 11.7 Å².